The normalized spacial score (nSPS) is 15.5. The van der Waals surface area contributed by atoms with Crippen molar-refractivity contribution in [2.75, 3.05) is 0 Å². The van der Waals surface area contributed by atoms with E-state index in [-0.39, 0.29) is 6.42 Å². The number of hydrogen-bond donors (Lipinski definition) is 1. The van der Waals surface area contributed by atoms with E-state index < -0.39 is 24.9 Å². The van der Waals surface area contributed by atoms with E-state index in [0.717, 1.165) is 0 Å². The lowest BCUT2D eigenvalue weighted by atomic mass is 10.1. The molecular formula is C6H10F4O. The molecule has 0 aromatic rings. The smallest absolute Gasteiger partial charge is 0.309 e. The van der Waals surface area contributed by atoms with Crippen molar-refractivity contribution in [1.29, 1.82) is 0 Å². The molecule has 0 bridgehead atoms. The maximum Gasteiger partial charge on any atom is 0.309 e. The van der Waals surface area contributed by atoms with E-state index >= 15 is 0 Å². The zero-order valence-corrected chi connectivity index (χ0v) is 6.03. The van der Waals surface area contributed by atoms with Gasteiger partial charge in [0.15, 0.2) is 0 Å². The van der Waals surface area contributed by atoms with Gasteiger partial charge in [-0.1, -0.05) is 6.92 Å². The highest BCUT2D eigenvalue weighted by Gasteiger charge is 2.41. The Bertz CT molecular complexity index is 115. The summed E-state index contributed by atoms with van der Waals surface area (Å²) in [6, 6.07) is 0. The first-order chi connectivity index (χ1) is 4.90. The standard InChI is InChI=1S/C6H10F4O/c1-2-4(11)3-6(9,10)5(7)8/h4-5,11H,2-3H2,1H3. The molecule has 68 valence electrons. The maximum atomic E-state index is 12.1. The highest BCUT2D eigenvalue weighted by atomic mass is 19.3. The third kappa shape index (κ3) is 3.55. The van der Waals surface area contributed by atoms with E-state index in [2.05, 4.69) is 0 Å². The first kappa shape index (κ1) is 10.7. The molecule has 0 spiro atoms. The van der Waals surface area contributed by atoms with Crippen LogP contribution in [-0.4, -0.2) is 23.6 Å². The van der Waals surface area contributed by atoms with Gasteiger partial charge in [0, 0.05) is 6.42 Å². The summed E-state index contributed by atoms with van der Waals surface area (Å²) in [6.45, 7) is 1.45. The van der Waals surface area contributed by atoms with Gasteiger partial charge in [-0.15, -0.1) is 0 Å². The van der Waals surface area contributed by atoms with Gasteiger partial charge in [-0.2, -0.15) is 0 Å². The quantitative estimate of drug-likeness (QED) is 0.646. The summed E-state index contributed by atoms with van der Waals surface area (Å²) in [4.78, 5) is 0. The van der Waals surface area contributed by atoms with Crippen LogP contribution >= 0.6 is 0 Å². The summed E-state index contributed by atoms with van der Waals surface area (Å²) >= 11 is 0. The summed E-state index contributed by atoms with van der Waals surface area (Å²) in [6.07, 6.45) is -6.15. The lowest BCUT2D eigenvalue weighted by Gasteiger charge is -2.17. The topological polar surface area (TPSA) is 20.2 Å². The fourth-order valence-electron chi connectivity index (χ4n) is 0.548. The molecule has 1 atom stereocenters. The Balaban J connectivity index is 3.90. The van der Waals surface area contributed by atoms with Gasteiger partial charge in [0.05, 0.1) is 6.10 Å². The van der Waals surface area contributed by atoms with E-state index in [1.165, 1.54) is 6.92 Å². The fraction of sp³-hybridized carbons (Fsp3) is 1.00. The van der Waals surface area contributed by atoms with Gasteiger partial charge in [-0.05, 0) is 6.42 Å². The van der Waals surface area contributed by atoms with Gasteiger partial charge >= 0.3 is 12.3 Å². The third-order valence-corrected chi connectivity index (χ3v) is 1.30. The molecule has 0 heterocycles. The van der Waals surface area contributed by atoms with Crippen LogP contribution in [0.15, 0.2) is 0 Å². The second-order valence-corrected chi connectivity index (χ2v) is 2.33. The van der Waals surface area contributed by atoms with E-state index in [1.54, 1.807) is 0 Å². The summed E-state index contributed by atoms with van der Waals surface area (Å²) in [5.74, 6) is -4.06. The lowest BCUT2D eigenvalue weighted by Crippen LogP contribution is -2.31. The summed E-state index contributed by atoms with van der Waals surface area (Å²) < 4.78 is 47.0. The number of alkyl halides is 4. The summed E-state index contributed by atoms with van der Waals surface area (Å²) in [5.41, 5.74) is 0. The molecular weight excluding hydrogens is 164 g/mol. The van der Waals surface area contributed by atoms with Crippen molar-refractivity contribution >= 4 is 0 Å². The van der Waals surface area contributed by atoms with Gasteiger partial charge in [0.2, 0.25) is 0 Å². The van der Waals surface area contributed by atoms with Gasteiger partial charge in [0.1, 0.15) is 0 Å². The molecule has 0 rings (SSSR count). The minimum Gasteiger partial charge on any atom is -0.393 e. The molecule has 0 aromatic heterocycles. The van der Waals surface area contributed by atoms with Gasteiger partial charge in [-0.3, -0.25) is 0 Å². The monoisotopic (exact) mass is 174 g/mol. The second-order valence-electron chi connectivity index (χ2n) is 2.33. The van der Waals surface area contributed by atoms with Gasteiger partial charge in [-0.25, -0.2) is 17.6 Å². The number of halogens is 4. The molecule has 0 fully saturated rings. The molecule has 0 saturated heterocycles. The molecule has 1 nitrogen and oxygen atoms in total. The number of rotatable bonds is 4. The lowest BCUT2D eigenvalue weighted by molar-refractivity contribution is -0.148. The Morgan fingerprint density at radius 3 is 2.09 bits per heavy atom. The first-order valence-electron chi connectivity index (χ1n) is 3.24. The Morgan fingerprint density at radius 2 is 1.82 bits per heavy atom. The van der Waals surface area contributed by atoms with Gasteiger partial charge < -0.3 is 5.11 Å². The zero-order chi connectivity index (χ0) is 9.07. The predicted octanol–water partition coefficient (Wildman–Crippen LogP) is 2.05. The summed E-state index contributed by atoms with van der Waals surface area (Å²) in [5, 5.41) is 8.63. The number of aliphatic hydroxyl groups excluding tert-OH is 1. The fourth-order valence-corrected chi connectivity index (χ4v) is 0.548. The van der Waals surface area contributed by atoms with Gasteiger partial charge in [0.25, 0.3) is 0 Å². The Labute approximate surface area is 62.0 Å². The Morgan fingerprint density at radius 1 is 1.36 bits per heavy atom. The van der Waals surface area contributed by atoms with Crippen LogP contribution in [0.3, 0.4) is 0 Å². The predicted molar refractivity (Wildman–Crippen MR) is 31.9 cm³/mol. The molecule has 0 aliphatic rings. The first-order valence-corrected chi connectivity index (χ1v) is 3.24. The van der Waals surface area contributed by atoms with E-state index in [0.29, 0.717) is 0 Å². The van der Waals surface area contributed by atoms with Crippen LogP contribution in [-0.2, 0) is 0 Å². The molecule has 0 aliphatic heterocycles. The van der Waals surface area contributed by atoms with Crippen molar-refractivity contribution in [2.45, 2.75) is 38.2 Å². The molecule has 1 N–H and O–H groups in total. The molecule has 0 amide bonds. The molecule has 0 radical (unpaired) electrons. The van der Waals surface area contributed by atoms with Crippen LogP contribution in [0.1, 0.15) is 19.8 Å². The van der Waals surface area contributed by atoms with Crippen LogP contribution in [0.4, 0.5) is 17.6 Å². The SMILES string of the molecule is CCC(O)CC(F)(F)C(F)F. The highest BCUT2D eigenvalue weighted by molar-refractivity contribution is 4.72. The molecule has 0 saturated carbocycles. The van der Waals surface area contributed by atoms with E-state index in [9.17, 15) is 17.6 Å². The molecule has 1 unspecified atom stereocenters. The van der Waals surface area contributed by atoms with E-state index in [4.69, 9.17) is 5.11 Å². The summed E-state index contributed by atoms with van der Waals surface area (Å²) in [7, 11) is 0. The maximum absolute atomic E-state index is 12.1. The number of hydrogen-bond acceptors (Lipinski definition) is 1. The van der Waals surface area contributed by atoms with Crippen molar-refractivity contribution in [3.05, 3.63) is 0 Å². The van der Waals surface area contributed by atoms with Crippen LogP contribution in [0, 0.1) is 0 Å². The minimum absolute atomic E-state index is 0.0578. The molecule has 0 aliphatic carbocycles. The highest BCUT2D eigenvalue weighted by Crippen LogP contribution is 2.28. The zero-order valence-electron chi connectivity index (χ0n) is 6.03. The Hall–Kier alpha value is -0.320. The van der Waals surface area contributed by atoms with Crippen molar-refractivity contribution in [2.24, 2.45) is 0 Å². The average molecular weight is 174 g/mol. The van der Waals surface area contributed by atoms with Crippen molar-refractivity contribution in [3.8, 4) is 0 Å². The van der Waals surface area contributed by atoms with Crippen LogP contribution < -0.4 is 0 Å². The van der Waals surface area contributed by atoms with Crippen molar-refractivity contribution < 1.29 is 22.7 Å². The van der Waals surface area contributed by atoms with Crippen LogP contribution in [0.25, 0.3) is 0 Å². The largest absolute Gasteiger partial charge is 0.393 e. The van der Waals surface area contributed by atoms with Crippen LogP contribution in [0.2, 0.25) is 0 Å². The van der Waals surface area contributed by atoms with Crippen molar-refractivity contribution in [3.63, 3.8) is 0 Å². The van der Waals surface area contributed by atoms with E-state index in [1.807, 2.05) is 0 Å². The molecule has 5 heteroatoms. The van der Waals surface area contributed by atoms with Crippen molar-refractivity contribution in [1.82, 2.24) is 0 Å². The van der Waals surface area contributed by atoms with Crippen LogP contribution in [0.5, 0.6) is 0 Å². The minimum atomic E-state index is -4.06. The third-order valence-electron chi connectivity index (χ3n) is 1.30. The average Bonchev–Trinajstić information content (AvgIpc) is 1.86. The second kappa shape index (κ2) is 3.90. The molecule has 11 heavy (non-hydrogen) atoms. The number of aliphatic hydroxyl groups is 1. The Kier molecular flexibility index (Phi) is 3.78. The molecule has 0 aromatic carbocycles.